The number of ether oxygens (including phenoxy) is 2. The van der Waals surface area contributed by atoms with E-state index in [2.05, 4.69) is 42.7 Å². The number of aryl methyl sites for hydroxylation is 1. The van der Waals surface area contributed by atoms with Crippen LogP contribution in [0, 0.1) is 23.7 Å². The number of benzene rings is 1. The van der Waals surface area contributed by atoms with Gasteiger partial charge in [0.05, 0.1) is 13.2 Å². The van der Waals surface area contributed by atoms with Crippen LogP contribution in [0.4, 0.5) is 0 Å². The van der Waals surface area contributed by atoms with Crippen molar-refractivity contribution in [2.75, 3.05) is 33.9 Å². The molecule has 1 aromatic carbocycles. The average molecular weight is 520 g/mol. The van der Waals surface area contributed by atoms with Crippen LogP contribution < -0.4 is 21.1 Å². The van der Waals surface area contributed by atoms with Crippen LogP contribution in [0.15, 0.2) is 18.2 Å². The first kappa shape index (κ1) is 31.5. The van der Waals surface area contributed by atoms with E-state index in [0.29, 0.717) is 24.7 Å². The zero-order chi connectivity index (χ0) is 27.4. The number of hydrogen-bond donors (Lipinski definition) is 4. The predicted molar refractivity (Wildman–Crippen MR) is 151 cm³/mol. The summed E-state index contributed by atoms with van der Waals surface area (Å²) in [6.45, 7) is 11.1. The highest BCUT2D eigenvalue weighted by Gasteiger charge is 2.31. The molecule has 0 spiro atoms. The molecule has 7 nitrogen and oxygen atoms in total. The molecule has 1 amide bonds. The number of aliphatic hydroxyl groups is 1. The molecule has 5 N–H and O–H groups in total. The number of unbranched alkanes of at least 4 members (excludes halogenated alkanes) is 1. The molecule has 1 aliphatic heterocycles. The maximum Gasteiger partial charge on any atom is 0.223 e. The number of amides is 1. The van der Waals surface area contributed by atoms with E-state index in [1.807, 2.05) is 13.8 Å². The lowest BCUT2D eigenvalue weighted by Gasteiger charge is -2.30. The van der Waals surface area contributed by atoms with Gasteiger partial charge in [0.15, 0.2) is 0 Å². The topological polar surface area (TPSA) is 106 Å². The molecule has 0 saturated carbocycles. The van der Waals surface area contributed by atoms with Crippen molar-refractivity contribution < 1.29 is 19.4 Å². The van der Waals surface area contributed by atoms with Crippen molar-refractivity contribution in [1.29, 1.82) is 0 Å². The van der Waals surface area contributed by atoms with Crippen LogP contribution in [0.3, 0.4) is 0 Å². The maximum absolute atomic E-state index is 13.0. The third-order valence-electron chi connectivity index (χ3n) is 7.94. The summed E-state index contributed by atoms with van der Waals surface area (Å²) in [5.41, 5.74) is 9.07. The van der Waals surface area contributed by atoms with Crippen LogP contribution >= 0.6 is 0 Å². The van der Waals surface area contributed by atoms with Gasteiger partial charge in [-0.25, -0.2) is 0 Å². The molecule has 1 aliphatic rings. The van der Waals surface area contributed by atoms with E-state index < -0.39 is 6.10 Å². The van der Waals surface area contributed by atoms with Crippen LogP contribution in [-0.4, -0.2) is 63.1 Å². The average Bonchev–Trinajstić information content (AvgIpc) is 3.37. The smallest absolute Gasteiger partial charge is 0.223 e. The summed E-state index contributed by atoms with van der Waals surface area (Å²) in [4.78, 5) is 13.0. The molecular weight excluding hydrogens is 466 g/mol. The fraction of sp³-hybridized carbons (Fsp3) is 0.767. The number of methoxy groups -OCH3 is 2. The molecule has 5 atom stereocenters. The summed E-state index contributed by atoms with van der Waals surface area (Å²) in [7, 11) is 3.46. The van der Waals surface area contributed by atoms with Crippen molar-refractivity contribution in [3.8, 4) is 5.75 Å². The highest BCUT2D eigenvalue weighted by Crippen LogP contribution is 2.28. The molecule has 1 heterocycles. The Kier molecular flexibility index (Phi) is 13.9. The van der Waals surface area contributed by atoms with E-state index >= 15 is 0 Å². The van der Waals surface area contributed by atoms with Gasteiger partial charge in [0.25, 0.3) is 0 Å². The summed E-state index contributed by atoms with van der Waals surface area (Å²) in [5.74, 6) is 1.60. The Labute approximate surface area is 225 Å². The Morgan fingerprint density at radius 3 is 2.51 bits per heavy atom. The third kappa shape index (κ3) is 10.5. The molecule has 0 radical (unpaired) electrons. The van der Waals surface area contributed by atoms with E-state index in [0.717, 1.165) is 57.6 Å². The van der Waals surface area contributed by atoms with E-state index in [-0.39, 0.29) is 29.8 Å². The molecule has 0 bridgehead atoms. The summed E-state index contributed by atoms with van der Waals surface area (Å²) in [6, 6.07) is 6.28. The number of rotatable bonds is 17. The first-order valence-electron chi connectivity index (χ1n) is 14.3. The summed E-state index contributed by atoms with van der Waals surface area (Å²) >= 11 is 0. The molecule has 0 unspecified atom stereocenters. The molecule has 212 valence electrons. The van der Waals surface area contributed by atoms with Gasteiger partial charge in [-0.1, -0.05) is 39.8 Å². The zero-order valence-corrected chi connectivity index (χ0v) is 24.1. The van der Waals surface area contributed by atoms with E-state index in [4.69, 9.17) is 15.2 Å². The van der Waals surface area contributed by atoms with Gasteiger partial charge in [0.1, 0.15) is 5.75 Å². The van der Waals surface area contributed by atoms with Crippen molar-refractivity contribution >= 4 is 5.91 Å². The van der Waals surface area contributed by atoms with Gasteiger partial charge in [-0.3, -0.25) is 4.79 Å². The fourth-order valence-electron chi connectivity index (χ4n) is 5.32. The number of aliphatic hydroxyl groups excluding tert-OH is 1. The van der Waals surface area contributed by atoms with Gasteiger partial charge >= 0.3 is 0 Å². The van der Waals surface area contributed by atoms with Crippen LogP contribution in [0.2, 0.25) is 0 Å². The monoisotopic (exact) mass is 519 g/mol. The molecule has 2 rings (SSSR count). The van der Waals surface area contributed by atoms with Gasteiger partial charge in [-0.05, 0) is 86.4 Å². The first-order chi connectivity index (χ1) is 17.7. The number of carbonyl (C=O) groups is 1. The summed E-state index contributed by atoms with van der Waals surface area (Å²) in [5, 5.41) is 17.5. The van der Waals surface area contributed by atoms with E-state index in [9.17, 15) is 9.90 Å². The highest BCUT2D eigenvalue weighted by atomic mass is 16.5. The normalized spacial score (nSPS) is 19.1. The minimum Gasteiger partial charge on any atom is -0.496 e. The Balaban J connectivity index is 2.00. The summed E-state index contributed by atoms with van der Waals surface area (Å²) < 4.78 is 10.8. The van der Waals surface area contributed by atoms with Crippen molar-refractivity contribution in [2.45, 2.75) is 90.8 Å². The Morgan fingerprint density at radius 1 is 1.16 bits per heavy atom. The molecule has 0 aromatic heterocycles. The second-order valence-corrected chi connectivity index (χ2v) is 11.6. The highest BCUT2D eigenvalue weighted by molar-refractivity contribution is 5.79. The van der Waals surface area contributed by atoms with Crippen molar-refractivity contribution in [3.63, 3.8) is 0 Å². The second kappa shape index (κ2) is 16.3. The number of hydrogen-bond acceptors (Lipinski definition) is 6. The van der Waals surface area contributed by atoms with Crippen LogP contribution in [0.5, 0.6) is 5.75 Å². The molecular formula is C30H53N3O4. The van der Waals surface area contributed by atoms with E-state index in [1.54, 1.807) is 14.2 Å². The Bertz CT molecular complexity index is 795. The summed E-state index contributed by atoms with van der Waals surface area (Å²) in [6.07, 6.45) is 5.29. The quantitative estimate of drug-likeness (QED) is 0.234. The second-order valence-electron chi connectivity index (χ2n) is 11.6. The lowest BCUT2D eigenvalue weighted by molar-refractivity contribution is -0.128. The number of nitrogens with two attached hydrogens (primary N) is 1. The van der Waals surface area contributed by atoms with Gasteiger partial charge in [0.2, 0.25) is 5.91 Å². The molecule has 1 aromatic rings. The van der Waals surface area contributed by atoms with Crippen molar-refractivity contribution in [3.05, 3.63) is 29.3 Å². The molecule has 0 aliphatic carbocycles. The van der Waals surface area contributed by atoms with Gasteiger partial charge in [-0.15, -0.1) is 0 Å². The fourth-order valence-corrected chi connectivity index (χ4v) is 5.32. The Morgan fingerprint density at radius 2 is 1.92 bits per heavy atom. The zero-order valence-electron chi connectivity index (χ0n) is 24.1. The van der Waals surface area contributed by atoms with Gasteiger partial charge in [-0.2, -0.15) is 0 Å². The van der Waals surface area contributed by atoms with Crippen LogP contribution in [0.25, 0.3) is 0 Å². The van der Waals surface area contributed by atoms with Crippen LogP contribution in [0.1, 0.15) is 70.9 Å². The minimum atomic E-state index is -0.715. The molecule has 7 heteroatoms. The lowest BCUT2D eigenvalue weighted by atomic mass is 9.80. The van der Waals surface area contributed by atoms with Crippen LogP contribution in [-0.2, 0) is 22.4 Å². The maximum atomic E-state index is 13.0. The molecule has 1 fully saturated rings. The van der Waals surface area contributed by atoms with Gasteiger partial charge in [0, 0.05) is 38.3 Å². The minimum absolute atomic E-state index is 0.0339. The van der Waals surface area contributed by atoms with Crippen molar-refractivity contribution in [1.82, 2.24) is 10.6 Å². The first-order valence-corrected chi connectivity index (χ1v) is 14.3. The molecule has 1 saturated heterocycles. The standard InChI is InChI=1S/C30H53N3O4/c1-20(2)24(16-22-10-11-29(37-6)23(15-22)9-7-8-14-36-5)17-27(31)28(34)18-26(21(3)4)30(35)33-25-12-13-32-19-25/h10-11,15,20-21,24-28,32,34H,7-9,12-14,16-19,31H2,1-6H3,(H,33,35)/t24-,25-,26-,27-,28-/m0/s1. The van der Waals surface area contributed by atoms with Crippen molar-refractivity contribution in [2.24, 2.45) is 29.4 Å². The van der Waals surface area contributed by atoms with Gasteiger partial charge < -0.3 is 30.9 Å². The van der Waals surface area contributed by atoms with E-state index in [1.165, 1.54) is 11.1 Å². The lowest BCUT2D eigenvalue weighted by Crippen LogP contribution is -2.45. The third-order valence-corrected chi connectivity index (χ3v) is 7.94. The SMILES string of the molecule is COCCCCc1cc(C[C@@H](C[C@H](N)[C@@H](O)C[C@H](C(=O)N[C@H]2CCNC2)C(C)C)C(C)C)ccc1OC. The largest absolute Gasteiger partial charge is 0.496 e. The number of carbonyl (C=O) groups excluding carboxylic acids is 1. The predicted octanol–water partition coefficient (Wildman–Crippen LogP) is 3.70. The molecule has 37 heavy (non-hydrogen) atoms. The Hall–Kier alpha value is -1.67. The number of nitrogens with one attached hydrogen (secondary N) is 2.